The smallest absolute Gasteiger partial charge is 0.382 e. The Bertz CT molecular complexity index is 252. The van der Waals surface area contributed by atoms with Crippen LogP contribution in [0.5, 0.6) is 0 Å². The number of nitrogens with one attached hydrogen (secondary N) is 2. The van der Waals surface area contributed by atoms with E-state index in [0.717, 1.165) is 19.4 Å². The van der Waals surface area contributed by atoms with Crippen LogP contribution in [0.3, 0.4) is 0 Å². The maximum absolute atomic E-state index is 11.9. The summed E-state index contributed by atoms with van der Waals surface area (Å²) in [5.74, 6) is -0.456. The molecule has 0 aliphatic carbocycles. The number of hydrogen-bond acceptors (Lipinski definition) is 3. The summed E-state index contributed by atoms with van der Waals surface area (Å²) in [6.07, 6.45) is -4.30. The van der Waals surface area contributed by atoms with E-state index in [2.05, 4.69) is 10.6 Å². The highest BCUT2D eigenvalue weighted by atomic mass is 19.4. The second-order valence-corrected chi connectivity index (χ2v) is 4.19. The molecule has 1 heterocycles. The standard InChI is InChI=1S/C10H17F3N2O2/c11-10(12,13)8(16)6-15-9(17)4-3-7-2-1-5-14-7/h7-8,14,16H,1-6H2,(H,15,17). The Labute approximate surface area is 97.6 Å². The van der Waals surface area contributed by atoms with Gasteiger partial charge < -0.3 is 15.7 Å². The van der Waals surface area contributed by atoms with Crippen molar-refractivity contribution in [2.24, 2.45) is 0 Å². The minimum absolute atomic E-state index is 0.183. The first kappa shape index (κ1) is 14.2. The molecule has 2 atom stereocenters. The quantitative estimate of drug-likeness (QED) is 0.671. The average molecular weight is 254 g/mol. The average Bonchev–Trinajstić information content (AvgIpc) is 2.74. The van der Waals surface area contributed by atoms with Crippen molar-refractivity contribution in [2.45, 2.75) is 44.0 Å². The van der Waals surface area contributed by atoms with Crippen LogP contribution in [0.25, 0.3) is 0 Å². The van der Waals surface area contributed by atoms with Gasteiger partial charge in [-0.1, -0.05) is 0 Å². The molecular weight excluding hydrogens is 237 g/mol. The second kappa shape index (κ2) is 6.20. The van der Waals surface area contributed by atoms with Gasteiger partial charge in [0.15, 0.2) is 6.10 Å². The zero-order valence-electron chi connectivity index (χ0n) is 9.39. The fraction of sp³-hybridized carbons (Fsp3) is 0.900. The van der Waals surface area contributed by atoms with E-state index in [-0.39, 0.29) is 12.5 Å². The van der Waals surface area contributed by atoms with Crippen LogP contribution in [0.15, 0.2) is 0 Å². The van der Waals surface area contributed by atoms with Crippen LogP contribution in [0.2, 0.25) is 0 Å². The van der Waals surface area contributed by atoms with E-state index >= 15 is 0 Å². The zero-order valence-corrected chi connectivity index (χ0v) is 9.39. The molecule has 1 saturated heterocycles. The Morgan fingerprint density at radius 2 is 2.24 bits per heavy atom. The number of hydrogen-bond donors (Lipinski definition) is 3. The maximum Gasteiger partial charge on any atom is 0.416 e. The lowest BCUT2D eigenvalue weighted by molar-refractivity contribution is -0.201. The van der Waals surface area contributed by atoms with Crippen molar-refractivity contribution < 1.29 is 23.1 Å². The summed E-state index contributed by atoms with van der Waals surface area (Å²) in [7, 11) is 0. The third-order valence-corrected chi connectivity index (χ3v) is 2.75. The molecular formula is C10H17F3N2O2. The SMILES string of the molecule is O=C(CCC1CCCN1)NCC(O)C(F)(F)F. The van der Waals surface area contributed by atoms with E-state index in [1.165, 1.54) is 0 Å². The fourth-order valence-corrected chi connectivity index (χ4v) is 1.72. The van der Waals surface area contributed by atoms with Crippen molar-refractivity contribution in [2.75, 3.05) is 13.1 Å². The molecule has 0 bridgehead atoms. The van der Waals surface area contributed by atoms with Crippen LogP contribution in [-0.4, -0.2) is 42.4 Å². The second-order valence-electron chi connectivity index (χ2n) is 4.19. The van der Waals surface area contributed by atoms with Crippen LogP contribution in [0.1, 0.15) is 25.7 Å². The fourth-order valence-electron chi connectivity index (χ4n) is 1.72. The Hall–Kier alpha value is -0.820. The number of rotatable bonds is 5. The number of aliphatic hydroxyl groups excluding tert-OH is 1. The molecule has 17 heavy (non-hydrogen) atoms. The van der Waals surface area contributed by atoms with Gasteiger partial charge in [-0.2, -0.15) is 13.2 Å². The Balaban J connectivity index is 2.12. The van der Waals surface area contributed by atoms with Crippen molar-refractivity contribution in [3.05, 3.63) is 0 Å². The molecule has 1 aliphatic rings. The highest BCUT2D eigenvalue weighted by Crippen LogP contribution is 2.19. The van der Waals surface area contributed by atoms with Gasteiger partial charge >= 0.3 is 6.18 Å². The predicted molar refractivity (Wildman–Crippen MR) is 55.3 cm³/mol. The van der Waals surface area contributed by atoms with E-state index < -0.39 is 24.7 Å². The number of carbonyl (C=O) groups excluding carboxylic acids is 1. The maximum atomic E-state index is 11.9. The van der Waals surface area contributed by atoms with Gasteiger partial charge in [0.25, 0.3) is 0 Å². The van der Waals surface area contributed by atoms with Crippen LogP contribution in [-0.2, 0) is 4.79 Å². The van der Waals surface area contributed by atoms with Gasteiger partial charge in [0.2, 0.25) is 5.91 Å². The van der Waals surface area contributed by atoms with Crippen LogP contribution in [0, 0.1) is 0 Å². The summed E-state index contributed by atoms with van der Waals surface area (Å²) >= 11 is 0. The molecule has 1 aliphatic heterocycles. The summed E-state index contributed by atoms with van der Waals surface area (Å²) in [5, 5.41) is 13.9. The van der Waals surface area contributed by atoms with Crippen LogP contribution >= 0.6 is 0 Å². The minimum Gasteiger partial charge on any atom is -0.382 e. The van der Waals surface area contributed by atoms with Crippen molar-refractivity contribution in [1.82, 2.24) is 10.6 Å². The Morgan fingerprint density at radius 3 is 2.76 bits per heavy atom. The van der Waals surface area contributed by atoms with Crippen molar-refractivity contribution in [3.63, 3.8) is 0 Å². The van der Waals surface area contributed by atoms with Crippen molar-refractivity contribution in [3.8, 4) is 0 Å². The number of aliphatic hydroxyl groups is 1. The van der Waals surface area contributed by atoms with Crippen LogP contribution < -0.4 is 10.6 Å². The number of halogens is 3. The van der Waals surface area contributed by atoms with Gasteiger partial charge in [0.05, 0.1) is 6.54 Å². The van der Waals surface area contributed by atoms with E-state index in [1.807, 2.05) is 0 Å². The van der Waals surface area contributed by atoms with Gasteiger partial charge in [-0.15, -0.1) is 0 Å². The first-order chi connectivity index (χ1) is 7.89. The van der Waals surface area contributed by atoms with E-state index in [0.29, 0.717) is 6.42 Å². The third kappa shape index (κ3) is 5.36. The highest BCUT2D eigenvalue weighted by Gasteiger charge is 2.38. The first-order valence-electron chi connectivity index (χ1n) is 5.64. The molecule has 1 rings (SSSR count). The number of carbonyl (C=O) groups is 1. The van der Waals surface area contributed by atoms with Gasteiger partial charge in [-0.25, -0.2) is 0 Å². The highest BCUT2D eigenvalue weighted by molar-refractivity contribution is 5.75. The largest absolute Gasteiger partial charge is 0.416 e. The monoisotopic (exact) mass is 254 g/mol. The molecule has 4 nitrogen and oxygen atoms in total. The molecule has 0 spiro atoms. The summed E-state index contributed by atoms with van der Waals surface area (Å²) < 4.78 is 35.8. The zero-order chi connectivity index (χ0) is 12.9. The van der Waals surface area contributed by atoms with Gasteiger partial charge in [0.1, 0.15) is 0 Å². The van der Waals surface area contributed by atoms with Crippen molar-refractivity contribution in [1.29, 1.82) is 0 Å². The predicted octanol–water partition coefficient (Wildman–Crippen LogP) is 0.558. The molecule has 0 aromatic carbocycles. The molecule has 7 heteroatoms. The Kier molecular flexibility index (Phi) is 5.20. The molecule has 0 saturated carbocycles. The summed E-state index contributed by atoms with van der Waals surface area (Å²) in [6.45, 7) is 0.152. The molecule has 100 valence electrons. The lowest BCUT2D eigenvalue weighted by Crippen LogP contribution is -2.41. The summed E-state index contributed by atoms with van der Waals surface area (Å²) in [6, 6.07) is 0.285. The Morgan fingerprint density at radius 1 is 1.53 bits per heavy atom. The van der Waals surface area contributed by atoms with Gasteiger partial charge in [0, 0.05) is 12.5 Å². The van der Waals surface area contributed by atoms with Crippen LogP contribution in [0.4, 0.5) is 13.2 Å². The summed E-state index contributed by atoms with van der Waals surface area (Å²) in [4.78, 5) is 11.2. The van der Waals surface area contributed by atoms with E-state index in [9.17, 15) is 18.0 Å². The van der Waals surface area contributed by atoms with Gasteiger partial charge in [-0.05, 0) is 25.8 Å². The molecule has 1 amide bonds. The molecule has 0 aromatic heterocycles. The van der Waals surface area contributed by atoms with E-state index in [1.54, 1.807) is 0 Å². The molecule has 1 fully saturated rings. The number of amides is 1. The van der Waals surface area contributed by atoms with Gasteiger partial charge in [-0.3, -0.25) is 4.79 Å². The normalized spacial score (nSPS) is 22.5. The number of alkyl halides is 3. The summed E-state index contributed by atoms with van der Waals surface area (Å²) in [5.41, 5.74) is 0. The molecule has 3 N–H and O–H groups in total. The topological polar surface area (TPSA) is 61.4 Å². The minimum atomic E-state index is -4.68. The lowest BCUT2D eigenvalue weighted by atomic mass is 10.1. The third-order valence-electron chi connectivity index (χ3n) is 2.75. The molecule has 0 aromatic rings. The van der Waals surface area contributed by atoms with Crippen molar-refractivity contribution >= 4 is 5.91 Å². The molecule has 0 radical (unpaired) electrons. The first-order valence-corrected chi connectivity index (χ1v) is 5.64. The molecule has 2 unspecified atom stereocenters. The lowest BCUT2D eigenvalue weighted by Gasteiger charge is -2.15. The van der Waals surface area contributed by atoms with E-state index in [4.69, 9.17) is 5.11 Å².